The molecule has 0 radical (unpaired) electrons. The van der Waals surface area contributed by atoms with Gasteiger partial charge in [0.15, 0.2) is 0 Å². The summed E-state index contributed by atoms with van der Waals surface area (Å²) in [7, 11) is -3.96. The van der Waals surface area contributed by atoms with Crippen LogP contribution in [0.3, 0.4) is 0 Å². The van der Waals surface area contributed by atoms with E-state index >= 15 is 0 Å². The van der Waals surface area contributed by atoms with Gasteiger partial charge in [-0.15, -0.1) is 5.10 Å². The minimum atomic E-state index is -3.96. The molecule has 0 amide bonds. The molecule has 1 aromatic carbocycles. The first kappa shape index (κ1) is 14.3. The predicted molar refractivity (Wildman–Crippen MR) is 75.2 cm³/mol. The molecule has 0 saturated heterocycles. The van der Waals surface area contributed by atoms with Crippen molar-refractivity contribution in [2.24, 2.45) is 0 Å². The molecule has 112 valence electrons. The summed E-state index contributed by atoms with van der Waals surface area (Å²) in [6.07, 6.45) is 3.17. The molecular weight excluding hydrogens is 319 g/mol. The second-order valence-corrected chi connectivity index (χ2v) is 6.91. The topological polar surface area (TPSA) is 87.7 Å². The summed E-state index contributed by atoms with van der Waals surface area (Å²) in [5.74, 6) is 0.329. The minimum absolute atomic E-state index is 0.0442. The zero-order valence-corrected chi connectivity index (χ0v) is 12.4. The van der Waals surface area contributed by atoms with E-state index in [9.17, 15) is 12.8 Å². The summed E-state index contributed by atoms with van der Waals surface area (Å²) in [4.78, 5) is 3.89. The van der Waals surface area contributed by atoms with Gasteiger partial charge >= 0.3 is 0 Å². The lowest BCUT2D eigenvalue weighted by Crippen LogP contribution is -2.15. The van der Waals surface area contributed by atoms with Crippen LogP contribution in [-0.4, -0.2) is 23.6 Å². The van der Waals surface area contributed by atoms with E-state index < -0.39 is 15.8 Å². The van der Waals surface area contributed by atoms with E-state index in [1.54, 1.807) is 0 Å². The minimum Gasteiger partial charge on any atom is -0.261 e. The average molecular weight is 331 g/mol. The molecule has 21 heavy (non-hydrogen) atoms. The molecule has 1 aliphatic carbocycles. The quantitative estimate of drug-likeness (QED) is 0.902. The van der Waals surface area contributed by atoms with Crippen molar-refractivity contribution >= 4 is 27.6 Å². The van der Waals surface area contributed by atoms with Gasteiger partial charge in [-0.2, -0.15) is 4.98 Å². The Balaban J connectivity index is 1.83. The number of H-pyrrole nitrogens is 1. The Labute approximate surface area is 125 Å². The number of anilines is 1. The maximum absolute atomic E-state index is 13.0. The summed E-state index contributed by atoms with van der Waals surface area (Å²) in [5.41, 5.74) is 0. The lowest BCUT2D eigenvalue weighted by atomic mass is 9.85. The predicted octanol–water partition coefficient (Wildman–Crippen LogP) is 2.67. The van der Waals surface area contributed by atoms with E-state index in [2.05, 4.69) is 19.9 Å². The molecule has 0 atom stereocenters. The van der Waals surface area contributed by atoms with E-state index in [0.717, 1.165) is 37.5 Å². The number of aromatic nitrogens is 3. The van der Waals surface area contributed by atoms with Gasteiger partial charge in [-0.1, -0.05) is 18.0 Å². The monoisotopic (exact) mass is 330 g/mol. The molecule has 0 unspecified atom stereocenters. The highest BCUT2D eigenvalue weighted by atomic mass is 35.5. The third-order valence-electron chi connectivity index (χ3n) is 3.40. The Kier molecular flexibility index (Phi) is 3.58. The third-order valence-corrected chi connectivity index (χ3v) is 5.21. The van der Waals surface area contributed by atoms with Crippen molar-refractivity contribution < 1.29 is 12.8 Å². The summed E-state index contributed by atoms with van der Waals surface area (Å²) in [6, 6.07) is 3.06. The highest BCUT2D eigenvalue weighted by Crippen LogP contribution is 2.34. The van der Waals surface area contributed by atoms with Crippen LogP contribution < -0.4 is 4.72 Å². The molecule has 0 bridgehead atoms. The molecule has 6 nitrogen and oxygen atoms in total. The molecular formula is C12H12ClFN4O2S. The lowest BCUT2D eigenvalue weighted by Gasteiger charge is -2.22. The van der Waals surface area contributed by atoms with Crippen LogP contribution in [0, 0.1) is 5.82 Å². The fraction of sp³-hybridized carbons (Fsp3) is 0.333. The van der Waals surface area contributed by atoms with Gasteiger partial charge in [0.05, 0.1) is 5.02 Å². The third kappa shape index (κ3) is 2.86. The lowest BCUT2D eigenvalue weighted by molar-refractivity contribution is 0.402. The van der Waals surface area contributed by atoms with Gasteiger partial charge in [-0.3, -0.25) is 5.10 Å². The summed E-state index contributed by atoms with van der Waals surface area (Å²) in [6.45, 7) is 0. The molecule has 9 heteroatoms. The number of nitrogens with one attached hydrogen (secondary N) is 2. The van der Waals surface area contributed by atoms with Crippen LogP contribution in [0.1, 0.15) is 31.0 Å². The van der Waals surface area contributed by atoms with Crippen LogP contribution in [0.25, 0.3) is 0 Å². The van der Waals surface area contributed by atoms with Crippen LogP contribution in [0.4, 0.5) is 10.3 Å². The van der Waals surface area contributed by atoms with Crippen LogP contribution in [0.15, 0.2) is 23.1 Å². The summed E-state index contributed by atoms with van der Waals surface area (Å²) < 4.78 is 39.6. The second kappa shape index (κ2) is 5.27. The standard InChI is InChI=1S/C12H12ClFN4O2S/c13-9-6-8(14)4-5-10(9)21(19,20)18-12-15-11(16-17-12)7-2-1-3-7/h4-7H,1-3H2,(H2,15,16,17,18). The SMILES string of the molecule is O=S(=O)(Nc1n[nH]c(C2CCC2)n1)c1ccc(F)cc1Cl. The molecule has 1 fully saturated rings. The molecule has 0 aliphatic heterocycles. The molecule has 1 aliphatic rings. The van der Waals surface area contributed by atoms with E-state index in [0.29, 0.717) is 11.7 Å². The number of halogens is 2. The van der Waals surface area contributed by atoms with E-state index in [4.69, 9.17) is 11.6 Å². The first-order valence-electron chi connectivity index (χ1n) is 6.36. The Morgan fingerprint density at radius 2 is 2.14 bits per heavy atom. The first-order chi connectivity index (χ1) is 9.95. The highest BCUT2D eigenvalue weighted by molar-refractivity contribution is 7.92. The van der Waals surface area contributed by atoms with Crippen molar-refractivity contribution in [2.75, 3.05) is 4.72 Å². The Bertz CT molecular complexity index is 773. The molecule has 2 aromatic rings. The van der Waals surface area contributed by atoms with Gasteiger partial charge in [0, 0.05) is 5.92 Å². The van der Waals surface area contributed by atoms with E-state index in [1.165, 1.54) is 0 Å². The van der Waals surface area contributed by atoms with E-state index in [-0.39, 0.29) is 15.9 Å². The van der Waals surface area contributed by atoms with Crippen molar-refractivity contribution in [2.45, 2.75) is 30.1 Å². The van der Waals surface area contributed by atoms with Crippen molar-refractivity contribution in [3.63, 3.8) is 0 Å². The highest BCUT2D eigenvalue weighted by Gasteiger charge is 2.25. The fourth-order valence-corrected chi connectivity index (χ4v) is 3.53. The van der Waals surface area contributed by atoms with Crippen LogP contribution >= 0.6 is 11.6 Å². The van der Waals surface area contributed by atoms with Gasteiger partial charge in [0.25, 0.3) is 16.0 Å². The van der Waals surface area contributed by atoms with Gasteiger partial charge in [0.1, 0.15) is 16.5 Å². The molecule has 0 spiro atoms. The normalized spacial score (nSPS) is 15.7. The summed E-state index contributed by atoms with van der Waals surface area (Å²) >= 11 is 5.76. The Hall–Kier alpha value is -1.67. The van der Waals surface area contributed by atoms with Gasteiger partial charge in [-0.05, 0) is 31.0 Å². The van der Waals surface area contributed by atoms with Crippen molar-refractivity contribution in [3.05, 3.63) is 34.9 Å². The van der Waals surface area contributed by atoms with Crippen molar-refractivity contribution in [3.8, 4) is 0 Å². The maximum Gasteiger partial charge on any atom is 0.265 e. The Morgan fingerprint density at radius 1 is 1.38 bits per heavy atom. The average Bonchev–Trinajstić information content (AvgIpc) is 2.73. The van der Waals surface area contributed by atoms with E-state index in [1.807, 2.05) is 0 Å². The van der Waals surface area contributed by atoms with Gasteiger partial charge < -0.3 is 0 Å². The maximum atomic E-state index is 13.0. The van der Waals surface area contributed by atoms with Gasteiger partial charge in [0.2, 0.25) is 0 Å². The van der Waals surface area contributed by atoms with Crippen LogP contribution in [-0.2, 0) is 10.0 Å². The van der Waals surface area contributed by atoms with Crippen LogP contribution in [0.2, 0.25) is 5.02 Å². The number of aromatic amines is 1. The largest absolute Gasteiger partial charge is 0.265 e. The number of benzene rings is 1. The molecule has 1 heterocycles. The van der Waals surface area contributed by atoms with Crippen molar-refractivity contribution in [1.29, 1.82) is 0 Å². The number of rotatable bonds is 4. The van der Waals surface area contributed by atoms with Crippen LogP contribution in [0.5, 0.6) is 0 Å². The van der Waals surface area contributed by atoms with Gasteiger partial charge in [-0.25, -0.2) is 17.5 Å². The smallest absolute Gasteiger partial charge is 0.261 e. The molecule has 1 aromatic heterocycles. The molecule has 3 rings (SSSR count). The second-order valence-electron chi connectivity index (χ2n) is 4.85. The molecule has 1 saturated carbocycles. The number of hydrogen-bond donors (Lipinski definition) is 2. The van der Waals surface area contributed by atoms with Crippen molar-refractivity contribution in [1.82, 2.24) is 15.2 Å². The first-order valence-corrected chi connectivity index (χ1v) is 8.22. The zero-order chi connectivity index (χ0) is 15.0. The summed E-state index contributed by atoms with van der Waals surface area (Å²) in [5, 5.41) is 6.36. The number of sulfonamides is 1. The number of nitrogens with zero attached hydrogens (tertiary/aromatic N) is 2. The molecule has 2 N–H and O–H groups in total. The number of hydrogen-bond acceptors (Lipinski definition) is 4. The fourth-order valence-electron chi connectivity index (χ4n) is 2.05. The zero-order valence-electron chi connectivity index (χ0n) is 10.8. The Morgan fingerprint density at radius 3 is 2.76 bits per heavy atom.